The van der Waals surface area contributed by atoms with E-state index in [0.717, 1.165) is 16.5 Å². The molecular formula is C11H14N2O2S. The quantitative estimate of drug-likeness (QED) is 0.802. The SMILES string of the molecule is Cn1cc(CS(C)(=O)=O)c2cc(N)ccc21. The predicted octanol–water partition coefficient (Wildman–Crippen LogP) is 1.31. The molecule has 0 bridgehead atoms. The molecule has 2 N–H and O–H groups in total. The number of hydrogen-bond donors (Lipinski definition) is 1. The molecule has 4 nitrogen and oxygen atoms in total. The van der Waals surface area contributed by atoms with Gasteiger partial charge in [0, 0.05) is 36.1 Å². The molecular weight excluding hydrogens is 224 g/mol. The number of aromatic nitrogens is 1. The number of nitrogens with two attached hydrogens (primary N) is 1. The minimum atomic E-state index is -3.02. The molecule has 86 valence electrons. The van der Waals surface area contributed by atoms with Crippen molar-refractivity contribution in [2.24, 2.45) is 7.05 Å². The number of rotatable bonds is 2. The van der Waals surface area contributed by atoms with Gasteiger partial charge in [-0.15, -0.1) is 0 Å². The van der Waals surface area contributed by atoms with Gasteiger partial charge in [-0.2, -0.15) is 0 Å². The van der Waals surface area contributed by atoms with Gasteiger partial charge < -0.3 is 10.3 Å². The third kappa shape index (κ3) is 2.04. The number of nitrogens with zero attached hydrogens (tertiary/aromatic N) is 1. The van der Waals surface area contributed by atoms with Crippen molar-refractivity contribution in [3.8, 4) is 0 Å². The van der Waals surface area contributed by atoms with Crippen LogP contribution in [0.1, 0.15) is 5.56 Å². The molecule has 0 spiro atoms. The van der Waals surface area contributed by atoms with E-state index in [1.54, 1.807) is 0 Å². The van der Waals surface area contributed by atoms with Crippen molar-refractivity contribution >= 4 is 26.4 Å². The zero-order valence-corrected chi connectivity index (χ0v) is 10.1. The predicted molar refractivity (Wildman–Crippen MR) is 65.9 cm³/mol. The lowest BCUT2D eigenvalue weighted by Crippen LogP contribution is -1.99. The molecule has 2 aromatic rings. The number of anilines is 1. The Morgan fingerprint density at radius 3 is 2.69 bits per heavy atom. The minimum Gasteiger partial charge on any atom is -0.399 e. The number of nitrogen functional groups attached to an aromatic ring is 1. The van der Waals surface area contributed by atoms with Gasteiger partial charge in [-0.3, -0.25) is 0 Å². The summed E-state index contributed by atoms with van der Waals surface area (Å²) in [7, 11) is -1.13. The molecule has 2 rings (SSSR count). The monoisotopic (exact) mass is 238 g/mol. The molecule has 1 heterocycles. The number of fused-ring (bicyclic) bond motifs is 1. The molecule has 0 aliphatic carbocycles. The maximum atomic E-state index is 11.3. The van der Waals surface area contributed by atoms with Crippen LogP contribution in [0.15, 0.2) is 24.4 Å². The van der Waals surface area contributed by atoms with Crippen molar-refractivity contribution in [3.05, 3.63) is 30.0 Å². The first kappa shape index (κ1) is 11.0. The van der Waals surface area contributed by atoms with Crippen LogP contribution >= 0.6 is 0 Å². The highest BCUT2D eigenvalue weighted by Crippen LogP contribution is 2.24. The number of benzene rings is 1. The molecule has 0 saturated heterocycles. The number of aryl methyl sites for hydroxylation is 1. The Labute approximate surface area is 94.6 Å². The Hall–Kier alpha value is -1.49. The standard InChI is InChI=1S/C11H14N2O2S/c1-13-6-8(7-16(2,14)15)10-5-9(12)3-4-11(10)13/h3-6H,7,12H2,1-2H3. The highest BCUT2D eigenvalue weighted by Gasteiger charge is 2.11. The van der Waals surface area contributed by atoms with E-state index in [2.05, 4.69) is 0 Å². The molecule has 0 fully saturated rings. The van der Waals surface area contributed by atoms with Gasteiger partial charge in [0.15, 0.2) is 9.84 Å². The molecule has 0 radical (unpaired) electrons. The van der Waals surface area contributed by atoms with Gasteiger partial charge in [0.05, 0.1) is 5.75 Å². The summed E-state index contributed by atoms with van der Waals surface area (Å²) in [6.07, 6.45) is 3.07. The summed E-state index contributed by atoms with van der Waals surface area (Å²) in [4.78, 5) is 0. The normalized spacial score (nSPS) is 12.1. The van der Waals surface area contributed by atoms with Crippen LogP contribution in [0.5, 0.6) is 0 Å². The third-order valence-corrected chi connectivity index (χ3v) is 3.35. The molecule has 1 aromatic heterocycles. The first-order chi connectivity index (χ1) is 7.37. The average molecular weight is 238 g/mol. The largest absolute Gasteiger partial charge is 0.399 e. The van der Waals surface area contributed by atoms with Crippen LogP contribution in [0.4, 0.5) is 5.69 Å². The molecule has 0 atom stereocenters. The van der Waals surface area contributed by atoms with Crippen LogP contribution in [-0.4, -0.2) is 19.2 Å². The summed E-state index contributed by atoms with van der Waals surface area (Å²) in [5.74, 6) is 0.0494. The van der Waals surface area contributed by atoms with E-state index in [1.807, 2.05) is 36.0 Å². The summed E-state index contributed by atoms with van der Waals surface area (Å²) in [5, 5.41) is 0.910. The highest BCUT2D eigenvalue weighted by atomic mass is 32.2. The van der Waals surface area contributed by atoms with E-state index < -0.39 is 9.84 Å². The molecule has 16 heavy (non-hydrogen) atoms. The van der Waals surface area contributed by atoms with Gasteiger partial charge in [0.25, 0.3) is 0 Å². The second-order valence-electron chi connectivity index (χ2n) is 4.11. The highest BCUT2D eigenvalue weighted by molar-refractivity contribution is 7.89. The second kappa shape index (κ2) is 3.52. The Kier molecular flexibility index (Phi) is 2.42. The van der Waals surface area contributed by atoms with Crippen LogP contribution in [0.25, 0.3) is 10.9 Å². The molecule has 0 saturated carbocycles. The second-order valence-corrected chi connectivity index (χ2v) is 6.25. The molecule has 5 heteroatoms. The van der Waals surface area contributed by atoms with Crippen molar-refractivity contribution in [2.75, 3.05) is 12.0 Å². The zero-order chi connectivity index (χ0) is 11.9. The maximum absolute atomic E-state index is 11.3. The van der Waals surface area contributed by atoms with Gasteiger partial charge in [-0.1, -0.05) is 0 Å². The molecule has 0 aliphatic rings. The topological polar surface area (TPSA) is 65.1 Å². The van der Waals surface area contributed by atoms with E-state index in [0.29, 0.717) is 5.69 Å². The van der Waals surface area contributed by atoms with Crippen LogP contribution in [0, 0.1) is 0 Å². The van der Waals surface area contributed by atoms with E-state index in [-0.39, 0.29) is 5.75 Å². The summed E-state index contributed by atoms with van der Waals surface area (Å²) in [5.41, 5.74) is 8.15. The fraction of sp³-hybridized carbons (Fsp3) is 0.273. The summed E-state index contributed by atoms with van der Waals surface area (Å²) >= 11 is 0. The van der Waals surface area contributed by atoms with Crippen LogP contribution < -0.4 is 5.73 Å². The van der Waals surface area contributed by atoms with E-state index in [1.165, 1.54) is 6.26 Å². The minimum absolute atomic E-state index is 0.0494. The smallest absolute Gasteiger partial charge is 0.151 e. The Morgan fingerprint density at radius 1 is 1.38 bits per heavy atom. The first-order valence-corrected chi connectivity index (χ1v) is 6.94. The van der Waals surface area contributed by atoms with Crippen molar-refractivity contribution in [1.29, 1.82) is 0 Å². The van der Waals surface area contributed by atoms with E-state index in [4.69, 9.17) is 5.73 Å². The third-order valence-electron chi connectivity index (χ3n) is 2.51. The lowest BCUT2D eigenvalue weighted by molar-refractivity contribution is 0.601. The Morgan fingerprint density at radius 2 is 2.06 bits per heavy atom. The van der Waals surface area contributed by atoms with Gasteiger partial charge in [0.1, 0.15) is 0 Å². The fourth-order valence-electron chi connectivity index (χ4n) is 1.89. The lowest BCUT2D eigenvalue weighted by Gasteiger charge is -1.98. The van der Waals surface area contributed by atoms with Crippen molar-refractivity contribution < 1.29 is 8.42 Å². The van der Waals surface area contributed by atoms with Crippen LogP contribution in [0.2, 0.25) is 0 Å². The summed E-state index contributed by atoms with van der Waals surface area (Å²) < 4.78 is 24.5. The van der Waals surface area contributed by atoms with E-state index >= 15 is 0 Å². The number of sulfone groups is 1. The first-order valence-electron chi connectivity index (χ1n) is 4.88. The maximum Gasteiger partial charge on any atom is 0.151 e. The Bertz CT molecular complexity index is 641. The Balaban J connectivity index is 2.66. The molecule has 0 unspecified atom stereocenters. The van der Waals surface area contributed by atoms with Gasteiger partial charge >= 0.3 is 0 Å². The average Bonchev–Trinajstić information content (AvgIpc) is 2.40. The van der Waals surface area contributed by atoms with Gasteiger partial charge in [-0.05, 0) is 23.8 Å². The summed E-state index contributed by atoms with van der Waals surface area (Å²) in [6.45, 7) is 0. The van der Waals surface area contributed by atoms with Gasteiger partial charge in [0.2, 0.25) is 0 Å². The fourth-order valence-corrected chi connectivity index (χ4v) is 2.68. The molecule has 0 amide bonds. The van der Waals surface area contributed by atoms with Crippen molar-refractivity contribution in [3.63, 3.8) is 0 Å². The number of hydrogen-bond acceptors (Lipinski definition) is 3. The molecule has 1 aromatic carbocycles. The van der Waals surface area contributed by atoms with Crippen LogP contribution in [0.3, 0.4) is 0 Å². The zero-order valence-electron chi connectivity index (χ0n) is 9.27. The van der Waals surface area contributed by atoms with Crippen LogP contribution in [-0.2, 0) is 22.6 Å². The van der Waals surface area contributed by atoms with Crippen molar-refractivity contribution in [1.82, 2.24) is 4.57 Å². The van der Waals surface area contributed by atoms with E-state index in [9.17, 15) is 8.42 Å². The molecule has 0 aliphatic heterocycles. The lowest BCUT2D eigenvalue weighted by atomic mass is 10.2. The van der Waals surface area contributed by atoms with Gasteiger partial charge in [-0.25, -0.2) is 8.42 Å². The van der Waals surface area contributed by atoms with Crippen molar-refractivity contribution in [2.45, 2.75) is 5.75 Å². The summed E-state index contributed by atoms with van der Waals surface area (Å²) in [6, 6.07) is 5.53.